The van der Waals surface area contributed by atoms with E-state index in [-0.39, 0.29) is 16.7 Å². The van der Waals surface area contributed by atoms with Crippen molar-refractivity contribution < 1.29 is 41.0 Å². The van der Waals surface area contributed by atoms with Gasteiger partial charge in [0.1, 0.15) is 11.5 Å². The van der Waals surface area contributed by atoms with Gasteiger partial charge >= 0.3 is 18.3 Å². The highest BCUT2D eigenvalue weighted by molar-refractivity contribution is 5.91. The van der Waals surface area contributed by atoms with Crippen molar-refractivity contribution >= 4 is 5.97 Å². The molecule has 0 heterocycles. The topological polar surface area (TPSA) is 46.5 Å². The van der Waals surface area contributed by atoms with Crippen molar-refractivity contribution in [2.45, 2.75) is 49.9 Å². The Morgan fingerprint density at radius 1 is 0.750 bits per heavy atom. The number of phenolic OH excluding ortho intramolecular Hbond substituents is 1. The maximum absolute atomic E-state index is 14.1. The molecule has 4 rings (SSSR count). The minimum absolute atomic E-state index is 0.0715. The molecule has 3 nitrogen and oxygen atoms in total. The molecule has 3 aromatic carbocycles. The third-order valence-electron chi connectivity index (χ3n) is 6.61. The van der Waals surface area contributed by atoms with Crippen LogP contribution in [0.2, 0.25) is 0 Å². The quantitative estimate of drug-likeness (QED) is 0.221. The minimum atomic E-state index is -4.88. The molecule has 9 heteroatoms. The van der Waals surface area contributed by atoms with Crippen molar-refractivity contribution in [3.05, 3.63) is 94.5 Å². The van der Waals surface area contributed by atoms with Gasteiger partial charge in [-0.3, -0.25) is 0 Å². The number of alkyl halides is 6. The van der Waals surface area contributed by atoms with E-state index in [1.165, 1.54) is 24.3 Å². The number of phenols is 1. The summed E-state index contributed by atoms with van der Waals surface area (Å²) < 4.78 is 87.8. The van der Waals surface area contributed by atoms with Crippen LogP contribution < -0.4 is 4.74 Å². The Morgan fingerprint density at radius 3 is 1.89 bits per heavy atom. The molecule has 0 amide bonds. The number of halogens is 6. The van der Waals surface area contributed by atoms with Crippen LogP contribution >= 0.6 is 0 Å². The van der Waals surface area contributed by atoms with Crippen LogP contribution in [0.4, 0.5) is 26.3 Å². The van der Waals surface area contributed by atoms with Gasteiger partial charge in [0.15, 0.2) is 0 Å². The molecule has 1 aliphatic rings. The lowest BCUT2D eigenvalue weighted by atomic mass is 9.65. The molecule has 0 spiro atoms. The first-order valence-corrected chi connectivity index (χ1v) is 11.3. The van der Waals surface area contributed by atoms with Gasteiger partial charge in [0.05, 0.1) is 16.7 Å². The molecule has 0 radical (unpaired) electrons. The lowest BCUT2D eigenvalue weighted by molar-refractivity contribution is -0.139. The second-order valence-corrected chi connectivity index (χ2v) is 8.84. The fourth-order valence-electron chi connectivity index (χ4n) is 4.83. The van der Waals surface area contributed by atoms with Gasteiger partial charge in [-0.15, -0.1) is 0 Å². The van der Waals surface area contributed by atoms with Crippen LogP contribution in [0.5, 0.6) is 11.5 Å². The third kappa shape index (κ3) is 5.05. The Hall–Kier alpha value is -3.49. The number of benzene rings is 3. The predicted octanol–water partition coefficient (Wildman–Crippen LogP) is 7.90. The van der Waals surface area contributed by atoms with Crippen molar-refractivity contribution in [2.24, 2.45) is 0 Å². The smallest absolute Gasteiger partial charge is 0.419 e. The van der Waals surface area contributed by atoms with Gasteiger partial charge < -0.3 is 9.84 Å². The molecule has 0 saturated heterocycles. The zero-order valence-electron chi connectivity index (χ0n) is 18.9. The molecule has 3 aromatic rings. The number of esters is 1. The van der Waals surface area contributed by atoms with Gasteiger partial charge in [-0.25, -0.2) is 4.79 Å². The third-order valence-corrected chi connectivity index (χ3v) is 6.61. The van der Waals surface area contributed by atoms with Crippen LogP contribution in [0.15, 0.2) is 66.7 Å². The van der Waals surface area contributed by atoms with E-state index in [0.29, 0.717) is 25.7 Å². The monoisotopic (exact) mass is 508 g/mol. The summed E-state index contributed by atoms with van der Waals surface area (Å²) in [6.45, 7) is 0. The Bertz CT molecular complexity index is 1240. The fraction of sp³-hybridized carbons (Fsp3) is 0.296. The molecule has 1 aliphatic carbocycles. The highest BCUT2D eigenvalue weighted by Gasteiger charge is 2.42. The predicted molar refractivity (Wildman–Crippen MR) is 120 cm³/mol. The van der Waals surface area contributed by atoms with Crippen LogP contribution in [-0.2, 0) is 17.8 Å². The van der Waals surface area contributed by atoms with E-state index < -0.39 is 46.4 Å². The number of hydrogen-bond donors (Lipinski definition) is 1. The molecule has 0 atom stereocenters. The van der Waals surface area contributed by atoms with Gasteiger partial charge in [0.25, 0.3) is 0 Å². The van der Waals surface area contributed by atoms with Gasteiger partial charge in [0.2, 0.25) is 0 Å². The first-order chi connectivity index (χ1) is 16.9. The molecule has 36 heavy (non-hydrogen) atoms. The van der Waals surface area contributed by atoms with Crippen molar-refractivity contribution in [1.82, 2.24) is 0 Å². The summed E-state index contributed by atoms with van der Waals surface area (Å²) in [6.07, 6.45) is -7.05. The number of aromatic hydroxyl groups is 1. The average Bonchev–Trinajstić information content (AvgIpc) is 2.84. The minimum Gasteiger partial charge on any atom is -0.507 e. The molecular weight excluding hydrogens is 486 g/mol. The van der Waals surface area contributed by atoms with Crippen LogP contribution in [0.1, 0.15) is 64.7 Å². The highest BCUT2D eigenvalue weighted by atomic mass is 19.4. The summed E-state index contributed by atoms with van der Waals surface area (Å²) in [5.41, 5.74) is -3.14. The van der Waals surface area contributed by atoms with Gasteiger partial charge in [-0.05, 0) is 60.4 Å². The molecule has 0 unspecified atom stereocenters. The van der Waals surface area contributed by atoms with E-state index in [9.17, 15) is 36.2 Å². The zero-order chi connectivity index (χ0) is 26.1. The summed E-state index contributed by atoms with van der Waals surface area (Å²) in [5, 5.41) is 9.77. The normalized spacial score (nSPS) is 15.9. The van der Waals surface area contributed by atoms with E-state index in [4.69, 9.17) is 4.74 Å². The van der Waals surface area contributed by atoms with E-state index in [1.807, 2.05) is 0 Å². The van der Waals surface area contributed by atoms with Crippen molar-refractivity contribution in [3.63, 3.8) is 0 Å². The summed E-state index contributed by atoms with van der Waals surface area (Å²) in [4.78, 5) is 12.4. The second-order valence-electron chi connectivity index (χ2n) is 8.84. The number of carbonyl (C=O) groups is 1. The Labute approximate surface area is 203 Å². The molecule has 190 valence electrons. The van der Waals surface area contributed by atoms with Gasteiger partial charge in [0, 0.05) is 5.41 Å². The number of carbonyl (C=O) groups excluding carboxylic acids is 1. The zero-order valence-corrected chi connectivity index (χ0v) is 18.9. The van der Waals surface area contributed by atoms with Crippen LogP contribution in [0.3, 0.4) is 0 Å². The molecule has 0 bridgehead atoms. The van der Waals surface area contributed by atoms with E-state index in [2.05, 4.69) is 0 Å². The van der Waals surface area contributed by atoms with Gasteiger partial charge in [-0.1, -0.05) is 49.6 Å². The number of hydrogen-bond acceptors (Lipinski definition) is 3. The number of rotatable bonds is 4. The van der Waals surface area contributed by atoms with Crippen molar-refractivity contribution in [2.75, 3.05) is 0 Å². The fourth-order valence-corrected chi connectivity index (χ4v) is 4.83. The first-order valence-electron chi connectivity index (χ1n) is 11.3. The molecule has 1 saturated carbocycles. The van der Waals surface area contributed by atoms with Gasteiger partial charge in [-0.2, -0.15) is 26.3 Å². The lowest BCUT2D eigenvalue weighted by Gasteiger charge is -2.39. The number of ether oxygens (including phenoxy) is 1. The largest absolute Gasteiger partial charge is 0.507 e. The van der Waals surface area contributed by atoms with E-state index in [0.717, 1.165) is 30.7 Å². The first kappa shape index (κ1) is 25.6. The average molecular weight is 508 g/mol. The van der Waals surface area contributed by atoms with Crippen molar-refractivity contribution in [1.29, 1.82) is 0 Å². The maximum atomic E-state index is 14.1. The van der Waals surface area contributed by atoms with Crippen molar-refractivity contribution in [3.8, 4) is 11.5 Å². The molecule has 0 aromatic heterocycles. The van der Waals surface area contributed by atoms with Crippen LogP contribution in [-0.4, -0.2) is 11.1 Å². The van der Waals surface area contributed by atoms with E-state index in [1.54, 1.807) is 18.2 Å². The van der Waals surface area contributed by atoms with Crippen LogP contribution in [0.25, 0.3) is 0 Å². The summed E-state index contributed by atoms with van der Waals surface area (Å²) in [6, 6.07) is 13.9. The standard InChI is InChI=1S/C27H22F6O3/c28-26(29,30)20-15-18(9-11-22(20)34)25(13-5-2-6-14-25)19-10-12-23(21(16-19)27(31,32)33)36-24(35)17-7-3-1-4-8-17/h1,3-4,7-12,15-16,34H,2,5-6,13-14H2. The van der Waals surface area contributed by atoms with E-state index >= 15 is 0 Å². The molecule has 1 fully saturated rings. The summed E-state index contributed by atoms with van der Waals surface area (Å²) >= 11 is 0. The molecular formula is C27H22F6O3. The SMILES string of the molecule is O=C(Oc1ccc(C2(c3ccc(O)c(C(F)(F)F)c3)CCCCC2)cc1C(F)(F)F)c1ccccc1. The lowest BCUT2D eigenvalue weighted by Crippen LogP contribution is -2.31. The summed E-state index contributed by atoms with van der Waals surface area (Å²) in [7, 11) is 0. The summed E-state index contributed by atoms with van der Waals surface area (Å²) in [5.74, 6) is -2.60. The highest BCUT2D eigenvalue weighted by Crippen LogP contribution is 2.49. The molecule has 1 N–H and O–H groups in total. The maximum Gasteiger partial charge on any atom is 0.419 e. The molecule has 0 aliphatic heterocycles. The second kappa shape index (κ2) is 9.52. The Balaban J connectivity index is 1.82. The Kier molecular flexibility index (Phi) is 6.77. The van der Waals surface area contributed by atoms with Crippen LogP contribution in [0, 0.1) is 0 Å². The Morgan fingerprint density at radius 2 is 1.31 bits per heavy atom.